The number of hydrogen-bond acceptors (Lipinski definition) is 1. The third kappa shape index (κ3) is 7.72. The zero-order chi connectivity index (χ0) is 19.3. The van der Waals surface area contributed by atoms with Crippen molar-refractivity contribution in [2.24, 2.45) is 11.8 Å². The molecular weight excluding hydrogens is 328 g/mol. The fourth-order valence-corrected chi connectivity index (χ4v) is 4.77. The van der Waals surface area contributed by atoms with Crippen LogP contribution in [0.5, 0.6) is 5.75 Å². The predicted molar refractivity (Wildman–Crippen MR) is 119 cm³/mol. The molecule has 0 bridgehead atoms. The zero-order valence-corrected chi connectivity index (χ0v) is 17.9. The Morgan fingerprint density at radius 2 is 1.67 bits per heavy atom. The van der Waals surface area contributed by atoms with Crippen molar-refractivity contribution in [2.45, 2.75) is 96.8 Å². The van der Waals surface area contributed by atoms with Gasteiger partial charge in [-0.3, -0.25) is 0 Å². The average Bonchev–Trinajstić information content (AvgIpc) is 2.70. The molecule has 1 saturated carbocycles. The molecule has 1 nitrogen and oxygen atoms in total. The topological polar surface area (TPSA) is 9.23 Å². The molecule has 1 aliphatic rings. The predicted octanol–water partition coefficient (Wildman–Crippen LogP) is 8.30. The van der Waals surface area contributed by atoms with E-state index in [2.05, 4.69) is 50.8 Å². The highest BCUT2D eigenvalue weighted by Gasteiger charge is 2.27. The molecule has 1 fully saturated rings. The lowest BCUT2D eigenvalue weighted by Crippen LogP contribution is -2.20. The van der Waals surface area contributed by atoms with Gasteiger partial charge < -0.3 is 4.74 Å². The molecule has 1 atom stereocenters. The van der Waals surface area contributed by atoms with Crippen LogP contribution in [0.2, 0.25) is 0 Å². The molecule has 0 heterocycles. The number of benzene rings is 1. The number of rotatable bonds is 13. The van der Waals surface area contributed by atoms with E-state index in [1.54, 1.807) is 0 Å². The Kier molecular flexibility index (Phi) is 10.6. The van der Waals surface area contributed by atoms with E-state index in [4.69, 9.17) is 4.74 Å². The van der Waals surface area contributed by atoms with Crippen LogP contribution in [-0.2, 0) is 0 Å². The highest BCUT2D eigenvalue weighted by molar-refractivity contribution is 5.30. The van der Waals surface area contributed by atoms with Gasteiger partial charge in [-0.05, 0) is 61.1 Å². The third-order valence-corrected chi connectivity index (χ3v) is 6.40. The lowest BCUT2D eigenvalue weighted by Gasteiger charge is -2.34. The van der Waals surface area contributed by atoms with Crippen molar-refractivity contribution in [3.05, 3.63) is 42.5 Å². The lowest BCUT2D eigenvalue weighted by molar-refractivity contribution is 0.232. The maximum absolute atomic E-state index is 5.95. The highest BCUT2D eigenvalue weighted by atomic mass is 16.5. The summed E-state index contributed by atoms with van der Waals surface area (Å²) in [6, 6.07) is 8.97. The first-order chi connectivity index (χ1) is 13.3. The zero-order valence-electron chi connectivity index (χ0n) is 17.9. The molecule has 1 aromatic rings. The van der Waals surface area contributed by atoms with Gasteiger partial charge in [-0.1, -0.05) is 83.4 Å². The van der Waals surface area contributed by atoms with Crippen molar-refractivity contribution in [3.63, 3.8) is 0 Å². The summed E-state index contributed by atoms with van der Waals surface area (Å²) in [6.45, 7) is 9.46. The van der Waals surface area contributed by atoms with Gasteiger partial charge in [0, 0.05) is 0 Å². The van der Waals surface area contributed by atoms with Gasteiger partial charge in [0.15, 0.2) is 0 Å². The molecule has 2 rings (SSSR count). The van der Waals surface area contributed by atoms with Crippen LogP contribution in [0.1, 0.15) is 102 Å². The summed E-state index contributed by atoms with van der Waals surface area (Å²) in [5.74, 6) is 3.46. The van der Waals surface area contributed by atoms with Crippen LogP contribution in [-0.4, -0.2) is 6.61 Å². The van der Waals surface area contributed by atoms with Gasteiger partial charge in [0.1, 0.15) is 5.75 Å². The van der Waals surface area contributed by atoms with Crippen molar-refractivity contribution in [3.8, 4) is 5.75 Å². The molecule has 1 heteroatoms. The van der Waals surface area contributed by atoms with E-state index >= 15 is 0 Å². The number of allylic oxidation sites excluding steroid dienone is 1. The normalized spacial score (nSPS) is 21.0. The van der Waals surface area contributed by atoms with Crippen LogP contribution < -0.4 is 4.74 Å². The Labute approximate surface area is 168 Å². The van der Waals surface area contributed by atoms with E-state index < -0.39 is 0 Å². The van der Waals surface area contributed by atoms with Crippen LogP contribution in [0.25, 0.3) is 0 Å². The molecule has 0 spiro atoms. The van der Waals surface area contributed by atoms with E-state index in [1.807, 2.05) is 0 Å². The highest BCUT2D eigenvalue weighted by Crippen LogP contribution is 2.41. The fraction of sp³-hybridized carbons (Fsp3) is 0.692. The van der Waals surface area contributed by atoms with Crippen molar-refractivity contribution in [2.75, 3.05) is 6.61 Å². The Morgan fingerprint density at radius 3 is 2.30 bits per heavy atom. The van der Waals surface area contributed by atoms with E-state index in [-0.39, 0.29) is 0 Å². The Hall–Kier alpha value is -1.24. The second kappa shape index (κ2) is 13.0. The number of ether oxygens (including phenoxy) is 1. The summed E-state index contributed by atoms with van der Waals surface area (Å²) >= 11 is 0. The first-order valence-electron chi connectivity index (χ1n) is 11.6. The first-order valence-corrected chi connectivity index (χ1v) is 11.6. The first kappa shape index (κ1) is 22.1. The van der Waals surface area contributed by atoms with Gasteiger partial charge in [-0.2, -0.15) is 0 Å². The smallest absolute Gasteiger partial charge is 0.119 e. The second-order valence-corrected chi connectivity index (χ2v) is 8.53. The largest absolute Gasteiger partial charge is 0.494 e. The van der Waals surface area contributed by atoms with E-state index in [1.165, 1.54) is 76.2 Å². The molecule has 0 amide bonds. The van der Waals surface area contributed by atoms with Crippen molar-refractivity contribution in [1.82, 2.24) is 0 Å². The van der Waals surface area contributed by atoms with Crippen LogP contribution in [0.3, 0.4) is 0 Å². The summed E-state index contributed by atoms with van der Waals surface area (Å²) in [5, 5.41) is 0. The minimum absolute atomic E-state index is 0.633. The third-order valence-electron chi connectivity index (χ3n) is 6.40. The minimum Gasteiger partial charge on any atom is -0.494 e. The number of unbranched alkanes of at least 4 members (excludes halogenated alkanes) is 4. The molecule has 0 radical (unpaired) electrons. The molecule has 152 valence electrons. The van der Waals surface area contributed by atoms with Gasteiger partial charge in [0.2, 0.25) is 0 Å². The summed E-state index contributed by atoms with van der Waals surface area (Å²) in [7, 11) is 0. The quantitative estimate of drug-likeness (QED) is 0.250. The molecule has 0 aliphatic heterocycles. The molecular formula is C26H42O. The summed E-state index contributed by atoms with van der Waals surface area (Å²) in [6.07, 6.45) is 18.0. The van der Waals surface area contributed by atoms with Gasteiger partial charge in [0.05, 0.1) is 6.61 Å². The van der Waals surface area contributed by atoms with Crippen LogP contribution in [0.15, 0.2) is 36.9 Å². The summed E-state index contributed by atoms with van der Waals surface area (Å²) in [5.41, 5.74) is 1.48. The van der Waals surface area contributed by atoms with Gasteiger partial charge >= 0.3 is 0 Å². The SMILES string of the molecule is C=CCC(c1ccc(OCCCCCCC)cc1)[C@H]1CC[C@H](CCC)CC1. The monoisotopic (exact) mass is 370 g/mol. The van der Waals surface area contributed by atoms with Gasteiger partial charge in [0.25, 0.3) is 0 Å². The van der Waals surface area contributed by atoms with E-state index in [9.17, 15) is 0 Å². The summed E-state index contributed by atoms with van der Waals surface area (Å²) in [4.78, 5) is 0. The van der Waals surface area contributed by atoms with Crippen LogP contribution in [0, 0.1) is 11.8 Å². The second-order valence-electron chi connectivity index (χ2n) is 8.53. The van der Waals surface area contributed by atoms with Crippen molar-refractivity contribution < 1.29 is 4.74 Å². The summed E-state index contributed by atoms with van der Waals surface area (Å²) < 4.78 is 5.95. The molecule has 1 unspecified atom stereocenters. The molecule has 0 aromatic heterocycles. The standard InChI is InChI=1S/C26H42O/c1-4-7-8-9-10-21-27-25-19-17-24(18-20-25)26(12-6-3)23-15-13-22(11-5-2)14-16-23/h6,17-20,22-23,26H,3-5,7-16,21H2,1-2H3/t22-,23-,26?. The van der Waals surface area contributed by atoms with E-state index in [0.29, 0.717) is 5.92 Å². The van der Waals surface area contributed by atoms with Gasteiger partial charge in [-0.25, -0.2) is 0 Å². The van der Waals surface area contributed by atoms with Crippen LogP contribution in [0.4, 0.5) is 0 Å². The molecule has 1 aliphatic carbocycles. The average molecular weight is 371 g/mol. The van der Waals surface area contributed by atoms with Crippen molar-refractivity contribution >= 4 is 0 Å². The number of hydrogen-bond donors (Lipinski definition) is 0. The van der Waals surface area contributed by atoms with Crippen molar-refractivity contribution in [1.29, 1.82) is 0 Å². The molecule has 1 aromatic carbocycles. The Bertz CT molecular complexity index is 495. The molecule has 27 heavy (non-hydrogen) atoms. The Morgan fingerprint density at radius 1 is 0.963 bits per heavy atom. The van der Waals surface area contributed by atoms with Gasteiger partial charge in [-0.15, -0.1) is 6.58 Å². The maximum Gasteiger partial charge on any atom is 0.119 e. The molecule has 0 saturated heterocycles. The van der Waals surface area contributed by atoms with Crippen LogP contribution >= 0.6 is 0 Å². The minimum atomic E-state index is 0.633. The molecule has 0 N–H and O–H groups in total. The maximum atomic E-state index is 5.95. The lowest BCUT2D eigenvalue weighted by atomic mass is 9.71. The van der Waals surface area contributed by atoms with E-state index in [0.717, 1.165) is 30.6 Å². The Balaban J connectivity index is 1.83. The fourth-order valence-electron chi connectivity index (χ4n) is 4.77.